The van der Waals surface area contributed by atoms with E-state index in [0.29, 0.717) is 17.5 Å². The SMILES string of the molecule is COCc1ccc(CC2(O)CC2)c(OC)c1F. The highest BCUT2D eigenvalue weighted by atomic mass is 19.1. The lowest BCUT2D eigenvalue weighted by molar-refractivity contribution is 0.149. The first kappa shape index (κ1) is 12.3. The zero-order valence-electron chi connectivity index (χ0n) is 10.1. The average molecular weight is 240 g/mol. The van der Waals surface area contributed by atoms with E-state index < -0.39 is 11.4 Å². The van der Waals surface area contributed by atoms with Gasteiger partial charge in [0.05, 0.1) is 19.3 Å². The van der Waals surface area contributed by atoms with Crippen molar-refractivity contribution in [1.29, 1.82) is 0 Å². The van der Waals surface area contributed by atoms with Crippen LogP contribution in [-0.2, 0) is 17.8 Å². The molecular formula is C13H17FO3. The second-order valence-electron chi connectivity index (χ2n) is 4.57. The van der Waals surface area contributed by atoms with Gasteiger partial charge in [-0.3, -0.25) is 0 Å². The molecule has 17 heavy (non-hydrogen) atoms. The van der Waals surface area contributed by atoms with E-state index in [-0.39, 0.29) is 12.4 Å². The van der Waals surface area contributed by atoms with E-state index in [9.17, 15) is 9.50 Å². The molecule has 0 spiro atoms. The van der Waals surface area contributed by atoms with Gasteiger partial charge in [-0.15, -0.1) is 0 Å². The van der Waals surface area contributed by atoms with E-state index >= 15 is 0 Å². The Morgan fingerprint density at radius 2 is 1.94 bits per heavy atom. The molecule has 94 valence electrons. The third-order valence-corrected chi connectivity index (χ3v) is 3.11. The van der Waals surface area contributed by atoms with Crippen LogP contribution in [0.5, 0.6) is 5.75 Å². The summed E-state index contributed by atoms with van der Waals surface area (Å²) in [5.74, 6) is -0.170. The van der Waals surface area contributed by atoms with Crippen LogP contribution in [0.4, 0.5) is 4.39 Å². The molecular weight excluding hydrogens is 223 g/mol. The number of hydrogen-bond donors (Lipinski definition) is 1. The molecule has 1 fully saturated rings. The minimum atomic E-state index is -0.650. The van der Waals surface area contributed by atoms with Gasteiger partial charge in [-0.1, -0.05) is 12.1 Å². The molecule has 0 amide bonds. The summed E-state index contributed by atoms with van der Waals surface area (Å²) in [5.41, 5.74) is 0.531. The number of aliphatic hydroxyl groups is 1. The van der Waals surface area contributed by atoms with E-state index in [0.717, 1.165) is 12.8 Å². The fourth-order valence-corrected chi connectivity index (χ4v) is 1.94. The molecule has 1 aromatic rings. The zero-order valence-corrected chi connectivity index (χ0v) is 10.1. The largest absolute Gasteiger partial charge is 0.493 e. The van der Waals surface area contributed by atoms with Crippen molar-refractivity contribution in [2.75, 3.05) is 14.2 Å². The summed E-state index contributed by atoms with van der Waals surface area (Å²) in [5, 5.41) is 9.86. The van der Waals surface area contributed by atoms with Crippen molar-refractivity contribution in [3.05, 3.63) is 29.1 Å². The van der Waals surface area contributed by atoms with Crippen LogP contribution < -0.4 is 4.74 Å². The van der Waals surface area contributed by atoms with Crippen LogP contribution in [0.3, 0.4) is 0 Å². The Morgan fingerprint density at radius 3 is 2.47 bits per heavy atom. The maximum Gasteiger partial charge on any atom is 0.170 e. The van der Waals surface area contributed by atoms with Gasteiger partial charge in [0.15, 0.2) is 11.6 Å². The van der Waals surface area contributed by atoms with Crippen LogP contribution in [0.15, 0.2) is 12.1 Å². The maximum absolute atomic E-state index is 14.0. The number of rotatable bonds is 5. The van der Waals surface area contributed by atoms with Crippen molar-refractivity contribution >= 4 is 0 Å². The summed E-state index contributed by atoms with van der Waals surface area (Å²) in [6, 6.07) is 3.48. The fourth-order valence-electron chi connectivity index (χ4n) is 1.94. The quantitative estimate of drug-likeness (QED) is 0.856. The molecule has 1 aromatic carbocycles. The Morgan fingerprint density at radius 1 is 1.29 bits per heavy atom. The predicted molar refractivity (Wildman–Crippen MR) is 61.6 cm³/mol. The predicted octanol–water partition coefficient (Wildman–Crippen LogP) is 2.05. The van der Waals surface area contributed by atoms with Gasteiger partial charge in [-0.25, -0.2) is 4.39 Å². The van der Waals surface area contributed by atoms with Crippen molar-refractivity contribution in [3.63, 3.8) is 0 Å². The number of methoxy groups -OCH3 is 2. The number of ether oxygens (including phenoxy) is 2. The third-order valence-electron chi connectivity index (χ3n) is 3.11. The van der Waals surface area contributed by atoms with Crippen LogP contribution in [0.1, 0.15) is 24.0 Å². The molecule has 4 heteroatoms. The van der Waals surface area contributed by atoms with Crippen LogP contribution in [0.25, 0.3) is 0 Å². The molecule has 1 aliphatic rings. The number of hydrogen-bond acceptors (Lipinski definition) is 3. The van der Waals surface area contributed by atoms with Gasteiger partial charge in [0, 0.05) is 24.7 Å². The molecule has 0 atom stereocenters. The highest BCUT2D eigenvalue weighted by Gasteiger charge is 2.41. The van der Waals surface area contributed by atoms with Crippen molar-refractivity contribution in [3.8, 4) is 5.75 Å². The smallest absolute Gasteiger partial charge is 0.170 e. The summed E-state index contributed by atoms with van der Waals surface area (Å²) in [6.45, 7) is 0.215. The second-order valence-corrected chi connectivity index (χ2v) is 4.57. The van der Waals surface area contributed by atoms with E-state index in [4.69, 9.17) is 9.47 Å². The van der Waals surface area contributed by atoms with Crippen molar-refractivity contribution in [2.45, 2.75) is 31.5 Å². The lowest BCUT2D eigenvalue weighted by Gasteiger charge is -2.14. The lowest BCUT2D eigenvalue weighted by Crippen LogP contribution is -2.12. The fraction of sp³-hybridized carbons (Fsp3) is 0.538. The molecule has 1 aliphatic carbocycles. The van der Waals surface area contributed by atoms with E-state index in [2.05, 4.69) is 0 Å². The molecule has 0 saturated heterocycles. The summed E-state index contributed by atoms with van der Waals surface area (Å²) in [6.07, 6.45) is 2.00. The van der Waals surface area contributed by atoms with Crippen LogP contribution >= 0.6 is 0 Å². The molecule has 0 radical (unpaired) electrons. The van der Waals surface area contributed by atoms with Crippen molar-refractivity contribution < 1.29 is 19.0 Å². The molecule has 0 unspecified atom stereocenters. The molecule has 2 rings (SSSR count). The molecule has 3 nitrogen and oxygen atoms in total. The van der Waals surface area contributed by atoms with Crippen LogP contribution in [0.2, 0.25) is 0 Å². The first-order valence-corrected chi connectivity index (χ1v) is 5.65. The zero-order chi connectivity index (χ0) is 12.5. The van der Waals surface area contributed by atoms with E-state index in [1.807, 2.05) is 0 Å². The Bertz CT molecular complexity index is 413. The molecule has 0 heterocycles. The summed E-state index contributed by atoms with van der Waals surface area (Å²) in [7, 11) is 2.96. The van der Waals surface area contributed by atoms with E-state index in [1.54, 1.807) is 12.1 Å². The summed E-state index contributed by atoms with van der Waals surface area (Å²) >= 11 is 0. The maximum atomic E-state index is 14.0. The molecule has 0 aliphatic heterocycles. The lowest BCUT2D eigenvalue weighted by atomic mass is 10.0. The van der Waals surface area contributed by atoms with Gasteiger partial charge < -0.3 is 14.6 Å². The minimum absolute atomic E-state index is 0.215. The van der Waals surface area contributed by atoms with Gasteiger partial charge in [0.25, 0.3) is 0 Å². The van der Waals surface area contributed by atoms with E-state index in [1.165, 1.54) is 14.2 Å². The van der Waals surface area contributed by atoms with Gasteiger partial charge >= 0.3 is 0 Å². The summed E-state index contributed by atoms with van der Waals surface area (Å²) < 4.78 is 24.0. The van der Waals surface area contributed by atoms with Crippen LogP contribution in [0, 0.1) is 5.82 Å². The molecule has 1 saturated carbocycles. The average Bonchev–Trinajstić information content (AvgIpc) is 3.01. The van der Waals surface area contributed by atoms with Gasteiger partial charge in [0.1, 0.15) is 0 Å². The number of benzene rings is 1. The molecule has 0 bridgehead atoms. The van der Waals surface area contributed by atoms with Crippen LogP contribution in [-0.4, -0.2) is 24.9 Å². The third kappa shape index (κ3) is 2.58. The Labute approximate surface area is 100 Å². The minimum Gasteiger partial charge on any atom is -0.493 e. The first-order chi connectivity index (χ1) is 8.09. The summed E-state index contributed by atoms with van der Waals surface area (Å²) in [4.78, 5) is 0. The highest BCUT2D eigenvalue weighted by Crippen LogP contribution is 2.40. The first-order valence-electron chi connectivity index (χ1n) is 5.65. The Kier molecular flexibility index (Phi) is 3.35. The Balaban J connectivity index is 2.29. The normalized spacial score (nSPS) is 16.9. The highest BCUT2D eigenvalue weighted by molar-refractivity contribution is 5.40. The second kappa shape index (κ2) is 4.63. The monoisotopic (exact) mass is 240 g/mol. The standard InChI is InChI=1S/C13H17FO3/c1-16-8-10-4-3-9(7-13(15)5-6-13)12(17-2)11(10)14/h3-4,15H,5-8H2,1-2H3. The molecule has 1 N–H and O–H groups in total. The number of halogens is 1. The van der Waals surface area contributed by atoms with Gasteiger partial charge in [-0.2, -0.15) is 0 Å². The Hall–Kier alpha value is -1.13. The molecule has 0 aromatic heterocycles. The van der Waals surface area contributed by atoms with Gasteiger partial charge in [0.2, 0.25) is 0 Å². The van der Waals surface area contributed by atoms with Crippen molar-refractivity contribution in [1.82, 2.24) is 0 Å². The van der Waals surface area contributed by atoms with Crippen molar-refractivity contribution in [2.24, 2.45) is 0 Å². The topological polar surface area (TPSA) is 38.7 Å². The van der Waals surface area contributed by atoms with Gasteiger partial charge in [-0.05, 0) is 12.8 Å².